The van der Waals surface area contributed by atoms with Crippen LogP contribution in [0.15, 0.2) is 18.3 Å². The standard InChI is InChI=1S/C10H18N2.ClH/c1-4-9(2)11-8-10-6-5-7-12(10)3;/h5-7,9,11H,4,8H2,1-3H3;1H. The molecule has 1 N–H and O–H groups in total. The molecule has 0 aliphatic heterocycles. The number of aryl methyl sites for hydroxylation is 1. The van der Waals surface area contributed by atoms with E-state index in [-0.39, 0.29) is 12.4 Å². The molecule has 0 bridgehead atoms. The largest absolute Gasteiger partial charge is 0.353 e. The molecule has 2 nitrogen and oxygen atoms in total. The van der Waals surface area contributed by atoms with E-state index in [1.54, 1.807) is 0 Å². The maximum atomic E-state index is 3.45. The molecule has 0 fully saturated rings. The molecule has 0 aliphatic rings. The van der Waals surface area contributed by atoms with Gasteiger partial charge in [-0.2, -0.15) is 0 Å². The lowest BCUT2D eigenvalue weighted by molar-refractivity contribution is 0.522. The Kier molecular flexibility index (Phi) is 5.84. The third-order valence-corrected chi connectivity index (χ3v) is 2.30. The zero-order valence-electron chi connectivity index (χ0n) is 8.58. The highest BCUT2D eigenvalue weighted by Gasteiger charge is 1.99. The third kappa shape index (κ3) is 3.83. The normalized spacial score (nSPS) is 12.2. The van der Waals surface area contributed by atoms with Gasteiger partial charge in [-0.15, -0.1) is 12.4 Å². The average Bonchev–Trinajstić information content (AvgIpc) is 2.47. The van der Waals surface area contributed by atoms with Crippen LogP contribution >= 0.6 is 12.4 Å². The minimum absolute atomic E-state index is 0. The molecule has 1 aromatic heterocycles. The van der Waals surface area contributed by atoms with E-state index in [2.05, 4.69) is 49.1 Å². The Hall–Kier alpha value is -0.470. The average molecular weight is 203 g/mol. The number of nitrogens with one attached hydrogen (secondary N) is 1. The number of hydrogen-bond donors (Lipinski definition) is 1. The first-order valence-corrected chi connectivity index (χ1v) is 4.57. The first-order chi connectivity index (χ1) is 5.74. The fraction of sp³-hybridized carbons (Fsp3) is 0.600. The predicted molar refractivity (Wildman–Crippen MR) is 59.3 cm³/mol. The predicted octanol–water partition coefficient (Wildman–Crippen LogP) is 2.34. The molecular weight excluding hydrogens is 184 g/mol. The summed E-state index contributed by atoms with van der Waals surface area (Å²) in [4.78, 5) is 0. The maximum absolute atomic E-state index is 3.45. The lowest BCUT2D eigenvalue weighted by Gasteiger charge is -2.11. The highest BCUT2D eigenvalue weighted by molar-refractivity contribution is 5.85. The summed E-state index contributed by atoms with van der Waals surface area (Å²) in [5.41, 5.74) is 1.34. The van der Waals surface area contributed by atoms with E-state index in [0.717, 1.165) is 6.54 Å². The zero-order valence-corrected chi connectivity index (χ0v) is 9.40. The van der Waals surface area contributed by atoms with Crippen LogP contribution in [-0.2, 0) is 13.6 Å². The highest BCUT2D eigenvalue weighted by Crippen LogP contribution is 1.99. The molecular formula is C10H19ClN2. The smallest absolute Gasteiger partial charge is 0.0361 e. The van der Waals surface area contributed by atoms with Gasteiger partial charge in [0.25, 0.3) is 0 Å². The van der Waals surface area contributed by atoms with Crippen molar-refractivity contribution < 1.29 is 0 Å². The molecule has 3 heteroatoms. The Labute approximate surface area is 86.7 Å². The molecule has 1 rings (SSSR count). The molecule has 13 heavy (non-hydrogen) atoms. The van der Waals surface area contributed by atoms with Crippen LogP contribution in [0.2, 0.25) is 0 Å². The third-order valence-electron chi connectivity index (χ3n) is 2.30. The van der Waals surface area contributed by atoms with Gasteiger partial charge < -0.3 is 9.88 Å². The topological polar surface area (TPSA) is 17.0 Å². The molecule has 1 atom stereocenters. The van der Waals surface area contributed by atoms with Crippen molar-refractivity contribution in [1.82, 2.24) is 9.88 Å². The maximum Gasteiger partial charge on any atom is 0.0361 e. The SMILES string of the molecule is CCC(C)NCc1cccn1C.Cl. The fourth-order valence-corrected chi connectivity index (χ4v) is 1.10. The molecule has 0 aliphatic carbocycles. The Morgan fingerprint density at radius 1 is 1.54 bits per heavy atom. The minimum atomic E-state index is 0. The Balaban J connectivity index is 0.00000144. The monoisotopic (exact) mass is 202 g/mol. The van der Waals surface area contributed by atoms with E-state index in [1.807, 2.05) is 0 Å². The van der Waals surface area contributed by atoms with Gasteiger partial charge in [0.2, 0.25) is 0 Å². The number of aromatic nitrogens is 1. The minimum Gasteiger partial charge on any atom is -0.353 e. The summed E-state index contributed by atoms with van der Waals surface area (Å²) in [6.45, 7) is 5.38. The second-order valence-electron chi connectivity index (χ2n) is 3.30. The van der Waals surface area contributed by atoms with Crippen LogP contribution in [0, 0.1) is 0 Å². The molecule has 0 aromatic carbocycles. The van der Waals surface area contributed by atoms with E-state index >= 15 is 0 Å². The van der Waals surface area contributed by atoms with Crippen molar-refractivity contribution in [2.75, 3.05) is 0 Å². The quantitative estimate of drug-likeness (QED) is 0.793. The lowest BCUT2D eigenvalue weighted by Crippen LogP contribution is -2.25. The molecule has 0 radical (unpaired) electrons. The van der Waals surface area contributed by atoms with E-state index in [1.165, 1.54) is 12.1 Å². The summed E-state index contributed by atoms with van der Waals surface area (Å²) in [5.74, 6) is 0. The van der Waals surface area contributed by atoms with Crippen LogP contribution in [-0.4, -0.2) is 10.6 Å². The van der Waals surface area contributed by atoms with E-state index in [9.17, 15) is 0 Å². The fourth-order valence-electron chi connectivity index (χ4n) is 1.10. The van der Waals surface area contributed by atoms with Crippen molar-refractivity contribution in [1.29, 1.82) is 0 Å². The molecule has 0 saturated heterocycles. The summed E-state index contributed by atoms with van der Waals surface area (Å²) < 4.78 is 2.15. The van der Waals surface area contributed by atoms with Gasteiger partial charge in [-0.25, -0.2) is 0 Å². The Bertz CT molecular complexity index is 233. The van der Waals surface area contributed by atoms with Crippen molar-refractivity contribution in [3.63, 3.8) is 0 Å². The van der Waals surface area contributed by atoms with Crippen LogP contribution < -0.4 is 5.32 Å². The summed E-state index contributed by atoms with van der Waals surface area (Å²) in [5, 5.41) is 3.45. The molecule has 0 amide bonds. The van der Waals surface area contributed by atoms with Crippen molar-refractivity contribution in [2.45, 2.75) is 32.9 Å². The Morgan fingerprint density at radius 2 is 2.23 bits per heavy atom. The van der Waals surface area contributed by atoms with E-state index < -0.39 is 0 Å². The molecule has 0 spiro atoms. The number of hydrogen-bond acceptors (Lipinski definition) is 1. The summed E-state index contributed by atoms with van der Waals surface area (Å²) in [7, 11) is 2.08. The van der Waals surface area contributed by atoms with Crippen LogP contribution in [0.1, 0.15) is 26.0 Å². The van der Waals surface area contributed by atoms with E-state index in [0.29, 0.717) is 6.04 Å². The molecule has 1 heterocycles. The van der Waals surface area contributed by atoms with Crippen LogP contribution in [0.3, 0.4) is 0 Å². The zero-order chi connectivity index (χ0) is 8.97. The number of rotatable bonds is 4. The Morgan fingerprint density at radius 3 is 2.69 bits per heavy atom. The van der Waals surface area contributed by atoms with Crippen molar-refractivity contribution in [3.05, 3.63) is 24.0 Å². The van der Waals surface area contributed by atoms with Crippen molar-refractivity contribution in [3.8, 4) is 0 Å². The van der Waals surface area contributed by atoms with Gasteiger partial charge >= 0.3 is 0 Å². The first-order valence-electron chi connectivity index (χ1n) is 4.57. The molecule has 1 aromatic rings. The van der Waals surface area contributed by atoms with Gasteiger partial charge in [-0.3, -0.25) is 0 Å². The summed E-state index contributed by atoms with van der Waals surface area (Å²) >= 11 is 0. The van der Waals surface area contributed by atoms with Gasteiger partial charge in [0.15, 0.2) is 0 Å². The molecule has 0 saturated carbocycles. The summed E-state index contributed by atoms with van der Waals surface area (Å²) in [6, 6.07) is 4.84. The van der Waals surface area contributed by atoms with Crippen molar-refractivity contribution >= 4 is 12.4 Å². The van der Waals surface area contributed by atoms with Crippen molar-refractivity contribution in [2.24, 2.45) is 7.05 Å². The van der Waals surface area contributed by atoms with Gasteiger partial charge in [0, 0.05) is 31.5 Å². The summed E-state index contributed by atoms with van der Waals surface area (Å²) in [6.07, 6.45) is 3.26. The lowest BCUT2D eigenvalue weighted by atomic mass is 10.2. The number of nitrogens with zero attached hydrogens (tertiary/aromatic N) is 1. The van der Waals surface area contributed by atoms with Gasteiger partial charge in [0.05, 0.1) is 0 Å². The van der Waals surface area contributed by atoms with Gasteiger partial charge in [0.1, 0.15) is 0 Å². The first kappa shape index (κ1) is 12.5. The van der Waals surface area contributed by atoms with E-state index in [4.69, 9.17) is 0 Å². The molecule has 76 valence electrons. The second kappa shape index (κ2) is 6.06. The van der Waals surface area contributed by atoms with Gasteiger partial charge in [-0.1, -0.05) is 6.92 Å². The van der Waals surface area contributed by atoms with Crippen LogP contribution in [0.25, 0.3) is 0 Å². The molecule has 1 unspecified atom stereocenters. The van der Waals surface area contributed by atoms with Gasteiger partial charge in [-0.05, 0) is 25.5 Å². The second-order valence-corrected chi connectivity index (χ2v) is 3.30. The highest BCUT2D eigenvalue weighted by atomic mass is 35.5. The van der Waals surface area contributed by atoms with Crippen LogP contribution in [0.4, 0.5) is 0 Å². The van der Waals surface area contributed by atoms with Crippen LogP contribution in [0.5, 0.6) is 0 Å². The number of halogens is 1.